The van der Waals surface area contributed by atoms with E-state index in [1.165, 1.54) is 0 Å². The fourth-order valence-electron chi connectivity index (χ4n) is 2.03. The number of hydrogen-bond acceptors (Lipinski definition) is 3. The van der Waals surface area contributed by atoms with Crippen LogP contribution in [0.2, 0.25) is 0 Å². The van der Waals surface area contributed by atoms with Gasteiger partial charge in [0.2, 0.25) is 0 Å². The van der Waals surface area contributed by atoms with E-state index in [0.29, 0.717) is 13.2 Å². The van der Waals surface area contributed by atoms with Crippen molar-refractivity contribution in [3.8, 4) is 5.75 Å². The molecule has 1 heterocycles. The molecule has 0 aliphatic carbocycles. The molecule has 2 rings (SSSR count). The van der Waals surface area contributed by atoms with Crippen molar-refractivity contribution < 1.29 is 4.74 Å². The van der Waals surface area contributed by atoms with Crippen molar-refractivity contribution in [2.45, 2.75) is 40.0 Å². The summed E-state index contributed by atoms with van der Waals surface area (Å²) < 4.78 is 8.88. The van der Waals surface area contributed by atoms with Crippen molar-refractivity contribution in [2.75, 3.05) is 0 Å². The van der Waals surface area contributed by atoms with Gasteiger partial charge < -0.3 is 10.5 Å². The van der Waals surface area contributed by atoms with Crippen LogP contribution in [0.4, 0.5) is 0 Å². The molecule has 0 amide bonds. The summed E-state index contributed by atoms with van der Waals surface area (Å²) in [5.41, 5.74) is 8.83. The first-order valence-corrected chi connectivity index (χ1v) is 7.64. The van der Waals surface area contributed by atoms with Crippen molar-refractivity contribution in [3.63, 3.8) is 0 Å². The second kappa shape index (κ2) is 6.90. The Morgan fingerprint density at radius 3 is 2.50 bits per heavy atom. The molecule has 0 bridgehead atoms. The lowest BCUT2D eigenvalue weighted by Gasteiger charge is -2.09. The first-order valence-electron chi connectivity index (χ1n) is 6.85. The summed E-state index contributed by atoms with van der Waals surface area (Å²) in [7, 11) is 0. The van der Waals surface area contributed by atoms with Gasteiger partial charge in [-0.25, -0.2) is 0 Å². The van der Waals surface area contributed by atoms with E-state index in [-0.39, 0.29) is 0 Å². The molecule has 0 spiro atoms. The molecule has 0 saturated heterocycles. The van der Waals surface area contributed by atoms with Gasteiger partial charge in [0, 0.05) is 13.1 Å². The predicted molar refractivity (Wildman–Crippen MR) is 83.6 cm³/mol. The minimum absolute atomic E-state index is 0.503. The molecule has 0 aliphatic rings. The Labute approximate surface area is 128 Å². The van der Waals surface area contributed by atoms with E-state index in [0.717, 1.165) is 40.1 Å². The molecule has 0 saturated carbocycles. The van der Waals surface area contributed by atoms with Gasteiger partial charge in [0.1, 0.15) is 12.4 Å². The van der Waals surface area contributed by atoms with Crippen LogP contribution in [0.3, 0.4) is 0 Å². The molecular formula is C15H20BrN3O. The first kappa shape index (κ1) is 15.1. The minimum Gasteiger partial charge on any atom is -0.487 e. The highest BCUT2D eigenvalue weighted by Gasteiger charge is 2.14. The highest BCUT2D eigenvalue weighted by atomic mass is 79.9. The smallest absolute Gasteiger partial charge is 0.131 e. The Bertz CT molecular complexity index is 563. The number of rotatable bonds is 6. The van der Waals surface area contributed by atoms with E-state index < -0.39 is 0 Å². The highest BCUT2D eigenvalue weighted by Crippen LogP contribution is 2.24. The van der Waals surface area contributed by atoms with Crippen molar-refractivity contribution >= 4 is 15.9 Å². The average molecular weight is 338 g/mol. The van der Waals surface area contributed by atoms with Crippen molar-refractivity contribution in [3.05, 3.63) is 45.7 Å². The third kappa shape index (κ3) is 3.22. The summed E-state index contributed by atoms with van der Waals surface area (Å²) in [6.07, 6.45) is 0.909. The summed E-state index contributed by atoms with van der Waals surface area (Å²) in [6.45, 7) is 6.07. The fourth-order valence-corrected chi connectivity index (χ4v) is 2.71. The van der Waals surface area contributed by atoms with Gasteiger partial charge in [0.15, 0.2) is 0 Å². The summed E-state index contributed by atoms with van der Waals surface area (Å²) in [5, 5.41) is 4.56. The van der Waals surface area contributed by atoms with Crippen LogP contribution in [0, 0.1) is 0 Å². The number of aromatic nitrogens is 2. The molecule has 0 aliphatic heterocycles. The Morgan fingerprint density at radius 1 is 1.25 bits per heavy atom. The maximum Gasteiger partial charge on any atom is 0.131 e. The van der Waals surface area contributed by atoms with Gasteiger partial charge in [-0.3, -0.25) is 4.68 Å². The lowest BCUT2D eigenvalue weighted by molar-refractivity contribution is 0.291. The maximum absolute atomic E-state index is 5.84. The molecule has 5 heteroatoms. The van der Waals surface area contributed by atoms with E-state index in [2.05, 4.69) is 34.9 Å². The number of benzene rings is 1. The van der Waals surface area contributed by atoms with Crippen LogP contribution in [0.15, 0.2) is 28.7 Å². The minimum atomic E-state index is 0.503. The summed E-state index contributed by atoms with van der Waals surface area (Å²) in [4.78, 5) is 0. The first-order chi connectivity index (χ1) is 9.69. The number of aryl methyl sites for hydroxylation is 2. The predicted octanol–water partition coefficient (Wildman–Crippen LogP) is 3.27. The van der Waals surface area contributed by atoms with Crippen LogP contribution in [-0.4, -0.2) is 9.78 Å². The Kier molecular flexibility index (Phi) is 5.20. The molecule has 2 N–H and O–H groups in total. The number of nitrogens with zero attached hydrogens (tertiary/aromatic N) is 2. The monoisotopic (exact) mass is 337 g/mol. The fraction of sp³-hybridized carbons (Fsp3) is 0.400. The molecule has 0 atom stereocenters. The zero-order valence-corrected chi connectivity index (χ0v) is 13.5. The Hall–Kier alpha value is -1.33. The molecule has 2 aromatic rings. The van der Waals surface area contributed by atoms with E-state index in [1.54, 1.807) is 0 Å². The number of hydrogen-bond donors (Lipinski definition) is 1. The van der Waals surface area contributed by atoms with Gasteiger partial charge in [-0.2, -0.15) is 5.10 Å². The highest BCUT2D eigenvalue weighted by molar-refractivity contribution is 9.10. The summed E-state index contributed by atoms with van der Waals surface area (Å²) >= 11 is 3.62. The molecular weight excluding hydrogens is 318 g/mol. The van der Waals surface area contributed by atoms with E-state index in [4.69, 9.17) is 10.5 Å². The van der Waals surface area contributed by atoms with Crippen molar-refractivity contribution in [1.82, 2.24) is 9.78 Å². The molecule has 0 radical (unpaired) electrons. The lowest BCUT2D eigenvalue weighted by atomic mass is 10.2. The largest absolute Gasteiger partial charge is 0.487 e. The molecule has 0 fully saturated rings. The average Bonchev–Trinajstić information content (AvgIpc) is 2.81. The maximum atomic E-state index is 5.84. The quantitative estimate of drug-likeness (QED) is 0.880. The number of nitrogens with two attached hydrogens (primary N) is 1. The molecule has 20 heavy (non-hydrogen) atoms. The van der Waals surface area contributed by atoms with E-state index in [1.807, 2.05) is 28.9 Å². The van der Waals surface area contributed by atoms with Crippen molar-refractivity contribution in [2.24, 2.45) is 5.73 Å². The van der Waals surface area contributed by atoms with Gasteiger partial charge >= 0.3 is 0 Å². The Morgan fingerprint density at radius 2 is 1.95 bits per heavy atom. The lowest BCUT2D eigenvalue weighted by Crippen LogP contribution is -2.06. The van der Waals surface area contributed by atoms with Gasteiger partial charge in [-0.1, -0.05) is 19.1 Å². The summed E-state index contributed by atoms with van der Waals surface area (Å²) in [5.74, 6) is 0.844. The topological polar surface area (TPSA) is 53.1 Å². The molecule has 108 valence electrons. The van der Waals surface area contributed by atoms with Crippen LogP contribution >= 0.6 is 15.9 Å². The van der Waals surface area contributed by atoms with Gasteiger partial charge in [0.05, 0.1) is 15.9 Å². The van der Waals surface area contributed by atoms with Gasteiger partial charge in [0.25, 0.3) is 0 Å². The van der Waals surface area contributed by atoms with Gasteiger partial charge in [-0.05, 0) is 47.0 Å². The molecule has 4 nitrogen and oxygen atoms in total. The second-order valence-corrected chi connectivity index (χ2v) is 5.31. The van der Waals surface area contributed by atoms with Crippen LogP contribution in [0.5, 0.6) is 5.75 Å². The van der Waals surface area contributed by atoms with E-state index in [9.17, 15) is 0 Å². The summed E-state index contributed by atoms with van der Waals surface area (Å²) in [6, 6.07) is 7.87. The number of halogens is 1. The normalized spacial score (nSPS) is 10.8. The standard InChI is InChI=1S/C15H20BrN3O/c1-3-13-15(16)14(19(4-2)18-13)10-20-12-7-5-11(9-17)6-8-12/h5-8H,3-4,9-10,17H2,1-2H3. The zero-order chi connectivity index (χ0) is 14.5. The number of ether oxygens (including phenoxy) is 1. The zero-order valence-electron chi connectivity index (χ0n) is 11.9. The van der Waals surface area contributed by atoms with Crippen molar-refractivity contribution in [1.29, 1.82) is 0 Å². The second-order valence-electron chi connectivity index (χ2n) is 4.51. The van der Waals surface area contributed by atoms with Crippen LogP contribution < -0.4 is 10.5 Å². The molecule has 1 aromatic carbocycles. The molecule has 1 aromatic heterocycles. The third-order valence-electron chi connectivity index (χ3n) is 3.23. The third-order valence-corrected chi connectivity index (χ3v) is 4.14. The van der Waals surface area contributed by atoms with E-state index >= 15 is 0 Å². The van der Waals surface area contributed by atoms with Crippen LogP contribution in [0.25, 0.3) is 0 Å². The van der Waals surface area contributed by atoms with Gasteiger partial charge in [-0.15, -0.1) is 0 Å². The Balaban J connectivity index is 2.11. The van der Waals surface area contributed by atoms with Crippen LogP contribution in [0.1, 0.15) is 30.8 Å². The van der Waals surface area contributed by atoms with Crippen LogP contribution in [-0.2, 0) is 26.1 Å². The molecule has 0 unspecified atom stereocenters. The SMILES string of the molecule is CCc1nn(CC)c(COc2ccc(CN)cc2)c1Br.